The first-order valence-corrected chi connectivity index (χ1v) is 17.4. The molecule has 0 saturated heterocycles. The van der Waals surface area contributed by atoms with E-state index in [2.05, 4.69) is 10.3 Å². The molecule has 0 saturated carbocycles. The first kappa shape index (κ1) is 36.1. The number of aromatic nitrogens is 2. The Labute approximate surface area is 277 Å². The summed E-state index contributed by atoms with van der Waals surface area (Å²) in [5.41, 5.74) is 1.57. The second-order valence-electron chi connectivity index (χ2n) is 12.4. The van der Waals surface area contributed by atoms with E-state index in [1.54, 1.807) is 41.6 Å². The summed E-state index contributed by atoms with van der Waals surface area (Å²) in [5, 5.41) is 13.0. The van der Waals surface area contributed by atoms with Crippen LogP contribution in [0.3, 0.4) is 0 Å². The van der Waals surface area contributed by atoms with Crippen LogP contribution in [0.5, 0.6) is 5.75 Å². The summed E-state index contributed by atoms with van der Waals surface area (Å²) in [6, 6.07) is 13.8. The molecule has 12 nitrogen and oxygen atoms in total. The molecule has 0 spiro atoms. The van der Waals surface area contributed by atoms with E-state index in [1.165, 1.54) is 23.9 Å². The van der Waals surface area contributed by atoms with E-state index in [0.717, 1.165) is 18.4 Å². The molecule has 2 amide bonds. The van der Waals surface area contributed by atoms with Crippen molar-refractivity contribution in [2.45, 2.75) is 69.7 Å². The maximum atomic E-state index is 14.3. The zero-order valence-electron chi connectivity index (χ0n) is 27.8. The van der Waals surface area contributed by atoms with Gasteiger partial charge in [-0.15, -0.1) is 0 Å². The number of nitrogens with one attached hydrogen (secondary N) is 1. The van der Waals surface area contributed by atoms with Gasteiger partial charge in [0.25, 0.3) is 15.9 Å². The van der Waals surface area contributed by atoms with Gasteiger partial charge in [-0.3, -0.25) is 9.59 Å². The van der Waals surface area contributed by atoms with Crippen molar-refractivity contribution >= 4 is 27.5 Å². The molecule has 1 aliphatic rings. The molecule has 2 aromatic carbocycles. The fourth-order valence-corrected chi connectivity index (χ4v) is 6.62. The molecule has 1 aliphatic heterocycles. The van der Waals surface area contributed by atoms with Gasteiger partial charge in [-0.05, 0) is 56.9 Å². The highest BCUT2D eigenvalue weighted by atomic mass is 32.2. The molecule has 0 radical (unpaired) electrons. The molecule has 0 fully saturated rings. The first-order valence-electron chi connectivity index (χ1n) is 16.0. The number of ether oxygens (including phenoxy) is 2. The number of carbonyl (C=O) groups is 2. The number of sulfonamides is 1. The number of amides is 2. The predicted octanol–water partition coefficient (Wildman–Crippen LogP) is 3.72. The summed E-state index contributed by atoms with van der Waals surface area (Å²) in [6.07, 6.45) is 4.54. The second-order valence-corrected chi connectivity index (χ2v) is 14.4. The number of aliphatic hydroxyl groups excluding tert-OH is 1. The number of aryl methyl sites for hydroxylation is 1. The Hall–Kier alpha value is -3.78. The zero-order valence-corrected chi connectivity index (χ0v) is 28.7. The molecule has 256 valence electrons. The lowest BCUT2D eigenvalue weighted by Gasteiger charge is -2.35. The lowest BCUT2D eigenvalue weighted by Crippen LogP contribution is -2.48. The third kappa shape index (κ3) is 9.63. The molecule has 4 atom stereocenters. The minimum atomic E-state index is -3.88. The Morgan fingerprint density at radius 2 is 1.91 bits per heavy atom. The largest absolute Gasteiger partial charge is 0.490 e. The van der Waals surface area contributed by atoms with E-state index in [1.807, 2.05) is 44.2 Å². The predicted molar refractivity (Wildman–Crippen MR) is 179 cm³/mol. The number of hydrogen-bond acceptors (Lipinski definition) is 8. The van der Waals surface area contributed by atoms with Crippen molar-refractivity contribution in [3.8, 4) is 5.75 Å². The van der Waals surface area contributed by atoms with Gasteiger partial charge >= 0.3 is 0 Å². The molecule has 3 aromatic rings. The minimum absolute atomic E-state index is 0.0449. The van der Waals surface area contributed by atoms with Crippen molar-refractivity contribution in [1.82, 2.24) is 18.8 Å². The number of aliphatic hydroxyl groups is 1. The quantitative estimate of drug-likeness (QED) is 0.351. The number of likely N-dealkylation sites (N-methyl/N-ethyl adjacent to an activating group) is 1. The number of rotatable bonds is 9. The summed E-state index contributed by atoms with van der Waals surface area (Å²) < 4.78 is 42.0. The molecule has 13 heteroatoms. The van der Waals surface area contributed by atoms with Crippen LogP contribution >= 0.6 is 0 Å². The smallest absolute Gasteiger partial charge is 0.261 e. The summed E-state index contributed by atoms with van der Waals surface area (Å²) in [7, 11) is -0.683. The number of carbonyl (C=O) groups excluding carboxylic acids is 2. The molecule has 2 N–H and O–H groups in total. The lowest BCUT2D eigenvalue weighted by atomic mass is 10.0. The van der Waals surface area contributed by atoms with Crippen molar-refractivity contribution in [3.05, 3.63) is 72.2 Å². The highest BCUT2D eigenvalue weighted by Crippen LogP contribution is 2.29. The zero-order chi connectivity index (χ0) is 34.1. The van der Waals surface area contributed by atoms with E-state index in [4.69, 9.17) is 9.47 Å². The maximum Gasteiger partial charge on any atom is 0.261 e. The Bertz CT molecular complexity index is 1600. The molecular weight excluding hydrogens is 622 g/mol. The topological polar surface area (TPSA) is 143 Å². The molecule has 2 heterocycles. The van der Waals surface area contributed by atoms with Crippen LogP contribution in [0.2, 0.25) is 0 Å². The molecule has 0 unspecified atom stereocenters. The van der Waals surface area contributed by atoms with E-state index in [-0.39, 0.29) is 60.5 Å². The second kappa shape index (κ2) is 16.4. The monoisotopic (exact) mass is 669 g/mol. The van der Waals surface area contributed by atoms with Crippen LogP contribution in [-0.4, -0.2) is 95.7 Å². The maximum absolute atomic E-state index is 14.3. The van der Waals surface area contributed by atoms with Crippen LogP contribution < -0.4 is 10.1 Å². The first-order chi connectivity index (χ1) is 22.4. The number of hydrogen-bond donors (Lipinski definition) is 2. The van der Waals surface area contributed by atoms with Gasteiger partial charge < -0.3 is 29.4 Å². The highest BCUT2D eigenvalue weighted by molar-refractivity contribution is 7.89. The minimum Gasteiger partial charge on any atom is -0.490 e. The third-order valence-corrected chi connectivity index (χ3v) is 10.0. The molecule has 4 rings (SSSR count). The molecule has 0 bridgehead atoms. The number of anilines is 1. The Balaban J connectivity index is 1.62. The van der Waals surface area contributed by atoms with Crippen molar-refractivity contribution in [3.63, 3.8) is 0 Å². The Morgan fingerprint density at radius 1 is 1.17 bits per heavy atom. The molecule has 1 aromatic heterocycles. The lowest BCUT2D eigenvalue weighted by molar-refractivity contribution is -0.115. The van der Waals surface area contributed by atoms with Crippen molar-refractivity contribution in [1.29, 1.82) is 0 Å². The van der Waals surface area contributed by atoms with Gasteiger partial charge in [0.05, 0.1) is 43.2 Å². The Kier molecular flexibility index (Phi) is 12.6. The van der Waals surface area contributed by atoms with E-state index < -0.39 is 22.2 Å². The van der Waals surface area contributed by atoms with Crippen LogP contribution in [0, 0.1) is 5.92 Å². The van der Waals surface area contributed by atoms with Crippen molar-refractivity contribution in [2.75, 3.05) is 38.7 Å². The standard InChI is InChI=1S/C34H47N5O7S/c1-24-19-39(25(2)22-40)34(42)29-18-28(36-32(41)17-27-12-7-6-8-13-27)14-15-30(29)46-26(3)11-9-10-16-45-31(24)20-38(5)47(43,44)33-21-37(4)23-35-33/h6-8,12-15,18,21,23-26,31,40H,9-11,16-17,19-20,22H2,1-5H3,(H,36,41)/t24-,25-,26-,31+/m1/s1. The highest BCUT2D eigenvalue weighted by Gasteiger charge is 2.33. The normalized spacial score (nSPS) is 20.6. The van der Waals surface area contributed by atoms with Crippen LogP contribution in [-0.2, 0) is 33.0 Å². The summed E-state index contributed by atoms with van der Waals surface area (Å²) in [5.74, 6) is -0.547. The SMILES string of the molecule is C[C@@H]1CCCCO[C@@H](CN(C)S(=O)(=O)c2cn(C)cn2)[C@H](C)CN([C@H](C)CO)C(=O)c2cc(NC(=O)Cc3ccccc3)ccc2O1. The molecule has 0 aliphatic carbocycles. The van der Waals surface area contributed by atoms with E-state index in [0.29, 0.717) is 24.5 Å². The van der Waals surface area contributed by atoms with Gasteiger partial charge in [0.1, 0.15) is 5.75 Å². The Morgan fingerprint density at radius 3 is 2.60 bits per heavy atom. The van der Waals surface area contributed by atoms with E-state index >= 15 is 0 Å². The van der Waals surface area contributed by atoms with Crippen LogP contribution in [0.1, 0.15) is 56.0 Å². The number of nitrogens with zero attached hydrogens (tertiary/aromatic N) is 4. The molecule has 47 heavy (non-hydrogen) atoms. The van der Waals surface area contributed by atoms with E-state index in [9.17, 15) is 23.1 Å². The summed E-state index contributed by atoms with van der Waals surface area (Å²) in [4.78, 5) is 32.8. The fourth-order valence-electron chi connectivity index (χ4n) is 5.48. The van der Waals surface area contributed by atoms with Gasteiger partial charge in [0.2, 0.25) is 5.91 Å². The van der Waals surface area contributed by atoms with Crippen LogP contribution in [0.4, 0.5) is 5.69 Å². The van der Waals surface area contributed by atoms with Crippen molar-refractivity contribution < 1.29 is 32.6 Å². The van der Waals surface area contributed by atoms with Crippen LogP contribution in [0.25, 0.3) is 0 Å². The van der Waals surface area contributed by atoms with Gasteiger partial charge in [-0.1, -0.05) is 37.3 Å². The van der Waals surface area contributed by atoms with Gasteiger partial charge in [-0.2, -0.15) is 4.31 Å². The average molecular weight is 670 g/mol. The number of benzene rings is 2. The van der Waals surface area contributed by atoms with Gasteiger partial charge in [-0.25, -0.2) is 13.4 Å². The van der Waals surface area contributed by atoms with Gasteiger partial charge in [0, 0.05) is 51.6 Å². The van der Waals surface area contributed by atoms with Crippen molar-refractivity contribution in [2.24, 2.45) is 13.0 Å². The summed E-state index contributed by atoms with van der Waals surface area (Å²) in [6.45, 7) is 5.92. The number of fused-ring (bicyclic) bond motifs is 1. The third-order valence-electron chi connectivity index (χ3n) is 8.34. The fraction of sp³-hybridized carbons (Fsp3) is 0.500. The molecular formula is C34H47N5O7S. The van der Waals surface area contributed by atoms with Gasteiger partial charge in [0.15, 0.2) is 5.03 Å². The number of imidazole rings is 1. The van der Waals surface area contributed by atoms with Crippen LogP contribution in [0.15, 0.2) is 66.1 Å². The average Bonchev–Trinajstić information content (AvgIpc) is 3.49. The summed E-state index contributed by atoms with van der Waals surface area (Å²) >= 11 is 0.